The third kappa shape index (κ3) is 3.70. The summed E-state index contributed by atoms with van der Waals surface area (Å²) >= 11 is 0. The average Bonchev–Trinajstić information content (AvgIpc) is 3.18. The van der Waals surface area contributed by atoms with E-state index in [0.717, 1.165) is 11.3 Å². The van der Waals surface area contributed by atoms with Gasteiger partial charge in [-0.15, -0.1) is 0 Å². The van der Waals surface area contributed by atoms with E-state index in [4.69, 9.17) is 4.74 Å². The van der Waals surface area contributed by atoms with Crippen LogP contribution in [-0.2, 0) is 4.79 Å². The van der Waals surface area contributed by atoms with Crippen molar-refractivity contribution in [1.29, 1.82) is 0 Å². The van der Waals surface area contributed by atoms with Crippen molar-refractivity contribution in [3.8, 4) is 17.0 Å². The van der Waals surface area contributed by atoms with Crippen LogP contribution >= 0.6 is 0 Å². The second-order valence-electron chi connectivity index (χ2n) is 6.54. The molecule has 0 saturated heterocycles. The molecule has 0 atom stereocenters. The maximum atomic E-state index is 12.9. The van der Waals surface area contributed by atoms with Crippen LogP contribution in [0, 0.1) is 0 Å². The minimum absolute atomic E-state index is 0.239. The number of aromatic nitrogens is 3. The van der Waals surface area contributed by atoms with Crippen LogP contribution in [0.2, 0.25) is 0 Å². The minimum atomic E-state index is -0.360. The van der Waals surface area contributed by atoms with Crippen LogP contribution in [0.25, 0.3) is 16.9 Å². The lowest BCUT2D eigenvalue weighted by molar-refractivity contribution is -0.114. The molecule has 0 saturated carbocycles. The Morgan fingerprint density at radius 1 is 1.03 bits per heavy atom. The predicted octanol–water partition coefficient (Wildman–Crippen LogP) is 3.62. The third-order valence-corrected chi connectivity index (χ3v) is 4.48. The molecule has 2 aromatic carbocycles. The maximum Gasteiger partial charge on any atom is 0.261 e. The number of nitrogens with one attached hydrogen (secondary N) is 2. The Bertz CT molecular complexity index is 1230. The van der Waals surface area contributed by atoms with Crippen molar-refractivity contribution in [1.82, 2.24) is 14.6 Å². The number of amides is 2. The van der Waals surface area contributed by atoms with Gasteiger partial charge in [-0.1, -0.05) is 30.3 Å². The van der Waals surface area contributed by atoms with Gasteiger partial charge in [0.05, 0.1) is 24.7 Å². The van der Waals surface area contributed by atoms with Gasteiger partial charge in [-0.2, -0.15) is 5.10 Å². The summed E-state index contributed by atoms with van der Waals surface area (Å²) in [6.45, 7) is 1.40. The molecule has 4 aromatic rings. The minimum Gasteiger partial charge on any atom is -0.495 e. The largest absolute Gasteiger partial charge is 0.495 e. The van der Waals surface area contributed by atoms with Crippen molar-refractivity contribution in [2.45, 2.75) is 6.92 Å². The highest BCUT2D eigenvalue weighted by atomic mass is 16.5. The van der Waals surface area contributed by atoms with Gasteiger partial charge in [-0.05, 0) is 24.3 Å². The Hall–Kier alpha value is -4.20. The van der Waals surface area contributed by atoms with Crippen LogP contribution < -0.4 is 15.4 Å². The molecule has 0 aliphatic rings. The number of methoxy groups -OCH3 is 1. The lowest BCUT2D eigenvalue weighted by Crippen LogP contribution is -2.13. The lowest BCUT2D eigenvalue weighted by Gasteiger charge is -2.11. The molecule has 0 radical (unpaired) electrons. The van der Waals surface area contributed by atoms with Crippen LogP contribution in [-0.4, -0.2) is 33.5 Å². The Labute approximate surface area is 172 Å². The molecule has 2 amide bonds. The van der Waals surface area contributed by atoms with E-state index in [1.807, 2.05) is 36.4 Å². The molecule has 0 fully saturated rings. The number of nitrogens with zero attached hydrogens (tertiary/aromatic N) is 3. The number of hydrogen-bond acceptors (Lipinski definition) is 5. The quantitative estimate of drug-likeness (QED) is 0.532. The molecule has 8 nitrogen and oxygen atoms in total. The van der Waals surface area contributed by atoms with Crippen molar-refractivity contribution < 1.29 is 14.3 Å². The molecule has 8 heteroatoms. The van der Waals surface area contributed by atoms with Crippen molar-refractivity contribution in [3.63, 3.8) is 0 Å². The molecule has 2 aromatic heterocycles. The van der Waals surface area contributed by atoms with Crippen LogP contribution in [0.1, 0.15) is 17.3 Å². The van der Waals surface area contributed by atoms with Crippen LogP contribution in [0.5, 0.6) is 5.75 Å². The van der Waals surface area contributed by atoms with E-state index in [2.05, 4.69) is 20.7 Å². The van der Waals surface area contributed by atoms with Crippen LogP contribution in [0.4, 0.5) is 11.4 Å². The fourth-order valence-corrected chi connectivity index (χ4v) is 3.15. The van der Waals surface area contributed by atoms with E-state index in [0.29, 0.717) is 28.3 Å². The van der Waals surface area contributed by atoms with E-state index in [-0.39, 0.29) is 11.8 Å². The molecule has 0 bridgehead atoms. The molecule has 0 aliphatic carbocycles. The normalized spacial score (nSPS) is 10.6. The van der Waals surface area contributed by atoms with Crippen molar-refractivity contribution in [3.05, 3.63) is 72.6 Å². The van der Waals surface area contributed by atoms with Gasteiger partial charge in [0, 0.05) is 24.4 Å². The van der Waals surface area contributed by atoms with Crippen LogP contribution in [0.3, 0.4) is 0 Å². The molecule has 2 heterocycles. The first-order valence-corrected chi connectivity index (χ1v) is 9.22. The van der Waals surface area contributed by atoms with E-state index < -0.39 is 0 Å². The molecule has 4 rings (SSSR count). The summed E-state index contributed by atoms with van der Waals surface area (Å²) in [6.07, 6.45) is 3.14. The van der Waals surface area contributed by atoms with E-state index in [9.17, 15) is 9.59 Å². The first kappa shape index (κ1) is 19.1. The molecular formula is C22H19N5O3. The number of carbonyl (C=O) groups is 2. The summed E-state index contributed by atoms with van der Waals surface area (Å²) in [5, 5.41) is 9.86. The van der Waals surface area contributed by atoms with Gasteiger partial charge in [0.25, 0.3) is 5.91 Å². The monoisotopic (exact) mass is 401 g/mol. The predicted molar refractivity (Wildman–Crippen MR) is 114 cm³/mol. The Morgan fingerprint density at radius 2 is 1.83 bits per heavy atom. The molecule has 0 aliphatic heterocycles. The van der Waals surface area contributed by atoms with Gasteiger partial charge < -0.3 is 15.4 Å². The number of ether oxygens (including phenoxy) is 1. The fourth-order valence-electron chi connectivity index (χ4n) is 3.15. The zero-order chi connectivity index (χ0) is 21.1. The molecule has 0 unspecified atom stereocenters. The summed E-state index contributed by atoms with van der Waals surface area (Å²) in [7, 11) is 1.51. The van der Waals surface area contributed by atoms with E-state index >= 15 is 0 Å². The number of anilines is 2. The standard InChI is InChI=1S/C22H19N5O3/c1-14(28)25-18-12-16(8-9-20(18)30-2)26-22(29)17-13-24-27-19(10-11-23-21(17)27)15-6-4-3-5-7-15/h3-13H,1-2H3,(H,25,28)(H,26,29). The first-order chi connectivity index (χ1) is 14.6. The fraction of sp³-hybridized carbons (Fsp3) is 0.0909. The zero-order valence-corrected chi connectivity index (χ0v) is 16.4. The molecular weight excluding hydrogens is 382 g/mol. The van der Waals surface area contributed by atoms with E-state index in [1.165, 1.54) is 20.2 Å². The van der Waals surface area contributed by atoms with Crippen LogP contribution in [0.15, 0.2) is 67.0 Å². The topological polar surface area (TPSA) is 97.6 Å². The summed E-state index contributed by atoms with van der Waals surface area (Å²) in [5.74, 6) is -0.105. The summed E-state index contributed by atoms with van der Waals surface area (Å²) in [4.78, 5) is 28.7. The average molecular weight is 401 g/mol. The molecule has 0 spiro atoms. The third-order valence-electron chi connectivity index (χ3n) is 4.48. The second kappa shape index (κ2) is 8.04. The van der Waals surface area contributed by atoms with Gasteiger partial charge >= 0.3 is 0 Å². The molecule has 150 valence electrons. The van der Waals surface area contributed by atoms with Crippen molar-refractivity contribution >= 4 is 28.8 Å². The SMILES string of the molecule is COc1ccc(NC(=O)c2cnn3c(-c4ccccc4)ccnc23)cc1NC(C)=O. The highest BCUT2D eigenvalue weighted by Gasteiger charge is 2.17. The highest BCUT2D eigenvalue weighted by Crippen LogP contribution is 2.28. The maximum absolute atomic E-state index is 12.9. The second-order valence-corrected chi connectivity index (χ2v) is 6.54. The van der Waals surface area contributed by atoms with E-state index in [1.54, 1.807) is 28.9 Å². The van der Waals surface area contributed by atoms with Gasteiger partial charge in [-0.3, -0.25) is 9.59 Å². The number of hydrogen-bond donors (Lipinski definition) is 2. The number of fused-ring (bicyclic) bond motifs is 1. The smallest absolute Gasteiger partial charge is 0.261 e. The van der Waals surface area contributed by atoms with Gasteiger partial charge in [0.1, 0.15) is 11.3 Å². The number of benzene rings is 2. The first-order valence-electron chi connectivity index (χ1n) is 9.22. The lowest BCUT2D eigenvalue weighted by atomic mass is 10.1. The molecule has 30 heavy (non-hydrogen) atoms. The van der Waals surface area contributed by atoms with Gasteiger partial charge in [-0.25, -0.2) is 9.50 Å². The van der Waals surface area contributed by atoms with Gasteiger partial charge in [0.15, 0.2) is 5.65 Å². The van der Waals surface area contributed by atoms with Crippen molar-refractivity contribution in [2.24, 2.45) is 0 Å². The summed E-state index contributed by atoms with van der Waals surface area (Å²) in [6, 6.07) is 16.6. The highest BCUT2D eigenvalue weighted by molar-refractivity contribution is 6.08. The Kier molecular flexibility index (Phi) is 5.13. The Balaban J connectivity index is 1.66. The summed E-state index contributed by atoms with van der Waals surface area (Å²) in [5.41, 5.74) is 3.55. The number of rotatable bonds is 5. The number of carbonyl (C=O) groups excluding carboxylic acids is 2. The molecule has 2 N–H and O–H groups in total. The van der Waals surface area contributed by atoms with Gasteiger partial charge in [0.2, 0.25) is 5.91 Å². The summed E-state index contributed by atoms with van der Waals surface area (Å²) < 4.78 is 6.88. The van der Waals surface area contributed by atoms with Crippen molar-refractivity contribution in [2.75, 3.05) is 17.7 Å². The Morgan fingerprint density at radius 3 is 2.57 bits per heavy atom. The zero-order valence-electron chi connectivity index (χ0n) is 16.4.